The van der Waals surface area contributed by atoms with Gasteiger partial charge in [0.25, 0.3) is 0 Å². The van der Waals surface area contributed by atoms with Gasteiger partial charge < -0.3 is 10.2 Å². The number of benzene rings is 6. The van der Waals surface area contributed by atoms with Crippen molar-refractivity contribution in [3.05, 3.63) is 182 Å². The molecule has 0 atom stereocenters. The second-order valence-corrected chi connectivity index (χ2v) is 11.6. The Morgan fingerprint density at radius 1 is 0.415 bits per heavy atom. The first kappa shape index (κ1) is 30.6. The molecular weight excluding hydrogens is 747 g/mol. The molecule has 5 heteroatoms. The number of para-hydroxylation sites is 5. The standard InChI is InChI=1S/C18H14BrN.C12H11N.C6H4BrI/c19-17-13-7-8-14-18(17)20(15-9-3-1-4-10-15)16-11-5-2-6-12-16;1-3-7-11(8-4-1)13-12-9-5-2-6-10-12;7-5-3-1-2-4-6(5)8/h1-14H;1-10,13H;1-4H. The van der Waals surface area contributed by atoms with Crippen molar-refractivity contribution in [2.24, 2.45) is 0 Å². The van der Waals surface area contributed by atoms with Crippen LogP contribution in [0, 0.1) is 3.57 Å². The van der Waals surface area contributed by atoms with E-state index in [1.165, 1.54) is 8.04 Å². The minimum absolute atomic E-state index is 1.08. The zero-order valence-corrected chi connectivity index (χ0v) is 27.6. The molecule has 0 saturated carbocycles. The van der Waals surface area contributed by atoms with Gasteiger partial charge in [-0.25, -0.2) is 0 Å². The third-order valence-corrected chi connectivity index (χ3v) is 8.83. The summed E-state index contributed by atoms with van der Waals surface area (Å²) >= 11 is 9.31. The van der Waals surface area contributed by atoms with Crippen LogP contribution in [0.25, 0.3) is 0 Å². The minimum Gasteiger partial charge on any atom is -0.356 e. The fourth-order valence-electron chi connectivity index (χ4n) is 3.86. The third kappa shape index (κ3) is 9.88. The normalized spacial score (nSPS) is 9.83. The van der Waals surface area contributed by atoms with Gasteiger partial charge in [-0.1, -0.05) is 97.1 Å². The molecule has 0 radical (unpaired) electrons. The van der Waals surface area contributed by atoms with Crippen LogP contribution in [-0.2, 0) is 0 Å². The maximum atomic E-state index is 3.65. The Labute approximate surface area is 273 Å². The summed E-state index contributed by atoms with van der Waals surface area (Å²) in [4.78, 5) is 2.24. The molecule has 204 valence electrons. The SMILES string of the molecule is Brc1ccccc1I.Brc1ccccc1N(c1ccccc1)c1ccccc1.c1ccc(Nc2ccccc2)cc1. The first-order valence-electron chi connectivity index (χ1n) is 13.0. The van der Waals surface area contributed by atoms with Crippen molar-refractivity contribution in [1.82, 2.24) is 0 Å². The highest BCUT2D eigenvalue weighted by Gasteiger charge is 2.13. The fraction of sp³-hybridized carbons (Fsp3) is 0. The molecule has 41 heavy (non-hydrogen) atoms. The molecule has 6 rings (SSSR count). The quantitative estimate of drug-likeness (QED) is 0.175. The van der Waals surface area contributed by atoms with Crippen molar-refractivity contribution in [3.63, 3.8) is 0 Å². The number of anilines is 5. The van der Waals surface area contributed by atoms with Crippen LogP contribution in [0.1, 0.15) is 0 Å². The fourth-order valence-corrected chi connectivity index (χ4v) is 5.00. The molecule has 0 fully saturated rings. The summed E-state index contributed by atoms with van der Waals surface area (Å²) in [6.07, 6.45) is 0. The summed E-state index contributed by atoms with van der Waals surface area (Å²) in [6.45, 7) is 0. The second kappa shape index (κ2) is 16.8. The van der Waals surface area contributed by atoms with Crippen molar-refractivity contribution < 1.29 is 0 Å². The molecule has 2 nitrogen and oxygen atoms in total. The van der Waals surface area contributed by atoms with Gasteiger partial charge in [-0.15, -0.1) is 0 Å². The molecule has 0 saturated heterocycles. The highest BCUT2D eigenvalue weighted by Crippen LogP contribution is 2.38. The lowest BCUT2D eigenvalue weighted by atomic mass is 10.2. The Kier molecular flexibility index (Phi) is 12.5. The third-order valence-electron chi connectivity index (χ3n) is 5.78. The molecule has 6 aromatic rings. The predicted octanol–water partition coefficient (Wildman–Crippen LogP) is 12.4. The second-order valence-electron chi connectivity index (χ2n) is 8.73. The van der Waals surface area contributed by atoms with Crippen molar-refractivity contribution in [2.45, 2.75) is 0 Å². The van der Waals surface area contributed by atoms with Gasteiger partial charge in [0, 0.05) is 35.3 Å². The van der Waals surface area contributed by atoms with Crippen LogP contribution < -0.4 is 10.2 Å². The molecule has 0 bridgehead atoms. The average molecular weight is 776 g/mol. The summed E-state index contributed by atoms with van der Waals surface area (Å²) < 4.78 is 3.50. The van der Waals surface area contributed by atoms with Gasteiger partial charge in [0.1, 0.15) is 0 Å². The first-order chi connectivity index (χ1) is 20.1. The molecule has 0 aliphatic rings. The number of halogens is 3. The largest absolute Gasteiger partial charge is 0.356 e. The van der Waals surface area contributed by atoms with Gasteiger partial charge >= 0.3 is 0 Å². The number of rotatable bonds is 5. The smallest absolute Gasteiger partial charge is 0.0603 e. The number of hydrogen-bond donors (Lipinski definition) is 1. The van der Waals surface area contributed by atoms with Gasteiger partial charge in [-0.2, -0.15) is 0 Å². The first-order valence-corrected chi connectivity index (χ1v) is 15.7. The van der Waals surface area contributed by atoms with Crippen molar-refractivity contribution in [2.75, 3.05) is 10.2 Å². The number of nitrogens with one attached hydrogen (secondary N) is 1. The number of hydrogen-bond acceptors (Lipinski definition) is 2. The Morgan fingerprint density at radius 3 is 1.17 bits per heavy atom. The van der Waals surface area contributed by atoms with E-state index in [0.717, 1.165) is 32.9 Å². The molecule has 1 N–H and O–H groups in total. The topological polar surface area (TPSA) is 15.3 Å². The Hall–Kier alpha value is -3.39. The molecular formula is C36H29Br2IN2. The van der Waals surface area contributed by atoms with Crippen LogP contribution >= 0.6 is 54.5 Å². The van der Waals surface area contributed by atoms with Gasteiger partial charge in [-0.05, 0) is 127 Å². The van der Waals surface area contributed by atoms with E-state index in [1.807, 2.05) is 97.1 Å². The number of nitrogens with zero attached hydrogens (tertiary/aromatic N) is 1. The van der Waals surface area contributed by atoms with E-state index in [1.54, 1.807) is 0 Å². The highest BCUT2D eigenvalue weighted by molar-refractivity contribution is 14.1. The molecule has 0 aliphatic heterocycles. The van der Waals surface area contributed by atoms with Crippen molar-refractivity contribution in [3.8, 4) is 0 Å². The van der Waals surface area contributed by atoms with Crippen LogP contribution in [0.15, 0.2) is 179 Å². The van der Waals surface area contributed by atoms with E-state index < -0.39 is 0 Å². The molecule has 0 unspecified atom stereocenters. The van der Waals surface area contributed by atoms with Gasteiger partial charge in [-0.3, -0.25) is 0 Å². The summed E-state index contributed by atoms with van der Waals surface area (Å²) in [5.41, 5.74) is 5.66. The molecule has 6 aromatic carbocycles. The van der Waals surface area contributed by atoms with E-state index in [4.69, 9.17) is 0 Å². The van der Waals surface area contributed by atoms with E-state index in [0.29, 0.717) is 0 Å². The summed E-state index contributed by atoms with van der Waals surface area (Å²) in [7, 11) is 0. The summed E-state index contributed by atoms with van der Waals surface area (Å²) in [6, 6.07) is 57.4. The van der Waals surface area contributed by atoms with E-state index >= 15 is 0 Å². The van der Waals surface area contributed by atoms with Gasteiger partial charge in [0.05, 0.1) is 5.69 Å². The maximum absolute atomic E-state index is 3.65. The van der Waals surface area contributed by atoms with Crippen LogP contribution in [0.5, 0.6) is 0 Å². The maximum Gasteiger partial charge on any atom is 0.0603 e. The van der Waals surface area contributed by atoms with Crippen LogP contribution in [0.2, 0.25) is 0 Å². The van der Waals surface area contributed by atoms with Crippen molar-refractivity contribution in [1.29, 1.82) is 0 Å². The molecule has 0 heterocycles. The zero-order chi connectivity index (χ0) is 28.7. The minimum atomic E-state index is 1.08. The van der Waals surface area contributed by atoms with Crippen LogP contribution in [0.4, 0.5) is 28.4 Å². The van der Waals surface area contributed by atoms with Gasteiger partial charge in [0.15, 0.2) is 0 Å². The molecule has 0 aliphatic carbocycles. The van der Waals surface area contributed by atoms with Crippen LogP contribution in [0.3, 0.4) is 0 Å². The summed E-state index contributed by atoms with van der Waals surface area (Å²) in [5, 5.41) is 3.30. The lowest BCUT2D eigenvalue weighted by Gasteiger charge is -2.26. The molecule has 0 aromatic heterocycles. The Bertz CT molecular complexity index is 1480. The Balaban J connectivity index is 0.000000158. The van der Waals surface area contributed by atoms with E-state index in [2.05, 4.69) is 137 Å². The van der Waals surface area contributed by atoms with E-state index in [-0.39, 0.29) is 0 Å². The monoisotopic (exact) mass is 774 g/mol. The highest BCUT2D eigenvalue weighted by atomic mass is 127. The zero-order valence-electron chi connectivity index (χ0n) is 22.2. The summed E-state index contributed by atoms with van der Waals surface area (Å²) in [5.74, 6) is 0. The average Bonchev–Trinajstić information content (AvgIpc) is 3.03. The Morgan fingerprint density at radius 2 is 0.780 bits per heavy atom. The molecule has 0 amide bonds. The lowest BCUT2D eigenvalue weighted by molar-refractivity contribution is 1.27. The lowest BCUT2D eigenvalue weighted by Crippen LogP contribution is -2.10. The van der Waals surface area contributed by atoms with Crippen LogP contribution in [-0.4, -0.2) is 0 Å². The van der Waals surface area contributed by atoms with Gasteiger partial charge in [0.2, 0.25) is 0 Å². The van der Waals surface area contributed by atoms with Crippen molar-refractivity contribution >= 4 is 82.9 Å². The van der Waals surface area contributed by atoms with E-state index in [9.17, 15) is 0 Å². The molecule has 0 spiro atoms. The predicted molar refractivity (Wildman–Crippen MR) is 192 cm³/mol.